The summed E-state index contributed by atoms with van der Waals surface area (Å²) in [6, 6.07) is 18.7. The minimum Gasteiger partial charge on any atom is -0.487 e. The molecule has 8 rings (SSSR count). The second kappa shape index (κ2) is 15.2. The van der Waals surface area contributed by atoms with Crippen molar-refractivity contribution in [3.63, 3.8) is 0 Å². The first-order chi connectivity index (χ1) is 27.5. The number of benzene rings is 3. The highest BCUT2D eigenvalue weighted by Crippen LogP contribution is 2.59. The Hall–Kier alpha value is -4.01. The lowest BCUT2D eigenvalue weighted by molar-refractivity contribution is -0.151. The highest BCUT2D eigenvalue weighted by Gasteiger charge is 2.70. The monoisotopic (exact) mass is 871 g/mol. The fourth-order valence-corrected chi connectivity index (χ4v) is 10.9. The molecule has 1 heterocycles. The molecule has 0 amide bonds. The van der Waals surface area contributed by atoms with Crippen LogP contribution in [0.4, 0.5) is 4.39 Å². The Labute approximate surface area is 348 Å². The van der Waals surface area contributed by atoms with Gasteiger partial charge in [-0.2, -0.15) is 0 Å². The summed E-state index contributed by atoms with van der Waals surface area (Å²) in [5.74, 6) is -4.53. The maximum atomic E-state index is 17.0. The van der Waals surface area contributed by atoms with Gasteiger partial charge in [0.15, 0.2) is 31.2 Å². The Morgan fingerprint density at radius 3 is 2.17 bits per heavy atom. The molecule has 4 aliphatic rings. The van der Waals surface area contributed by atoms with Gasteiger partial charge in [0.25, 0.3) is 5.88 Å². The number of hydrogen-bond acceptors (Lipinski definition) is 10. The van der Waals surface area contributed by atoms with Crippen molar-refractivity contribution in [3.05, 3.63) is 110 Å². The lowest BCUT2D eigenvalue weighted by Crippen LogP contribution is -2.70. The molecule has 0 saturated heterocycles. The smallest absolute Gasteiger partial charge is 0.265 e. The van der Waals surface area contributed by atoms with Gasteiger partial charge in [0, 0.05) is 29.6 Å². The van der Waals surface area contributed by atoms with Crippen LogP contribution in [0.15, 0.2) is 69.7 Å². The van der Waals surface area contributed by atoms with E-state index < -0.39 is 65.9 Å². The molecule has 0 spiro atoms. The minimum atomic E-state index is -2.96. The summed E-state index contributed by atoms with van der Waals surface area (Å²) in [5.41, 5.74) is 0.341. The molecule has 2 saturated carbocycles. The number of hydrogen-bond donors (Lipinski definition) is 1. The molecule has 1 N–H and O–H groups in total. The Morgan fingerprint density at radius 2 is 1.59 bits per heavy atom. The lowest BCUT2D eigenvalue weighted by atomic mass is 9.54. The van der Waals surface area contributed by atoms with Crippen molar-refractivity contribution >= 4 is 41.6 Å². The summed E-state index contributed by atoms with van der Waals surface area (Å²) in [5, 5.41) is 7.27. The van der Waals surface area contributed by atoms with Crippen LogP contribution in [0.5, 0.6) is 11.6 Å². The number of nitrogens with one attached hydrogen (secondary N) is 1. The number of aromatic nitrogens is 1. The second-order valence-electron chi connectivity index (χ2n) is 18.1. The van der Waals surface area contributed by atoms with E-state index in [-0.39, 0.29) is 66.7 Å². The molecule has 306 valence electrons. The van der Waals surface area contributed by atoms with Gasteiger partial charge in [-0.1, -0.05) is 81.4 Å². The molecule has 13 heteroatoms. The molecule has 1 aromatic heterocycles. The first-order valence-electron chi connectivity index (χ1n) is 20.1. The number of Topliss-reactive ketones (excluding diaryl/α,β-unsaturated/α-hetero) is 3. The summed E-state index contributed by atoms with van der Waals surface area (Å²) < 4.78 is 43.2. The molecule has 5 atom stereocenters. The van der Waals surface area contributed by atoms with E-state index in [4.69, 9.17) is 18.4 Å². The average Bonchev–Trinajstić information content (AvgIpc) is 3.92. The van der Waals surface area contributed by atoms with Crippen molar-refractivity contribution in [3.8, 4) is 11.6 Å². The van der Waals surface area contributed by atoms with E-state index in [0.29, 0.717) is 16.1 Å². The molecule has 3 aromatic carbocycles. The second-order valence-corrected chi connectivity index (χ2v) is 23.6. The van der Waals surface area contributed by atoms with Crippen LogP contribution in [0, 0.1) is 23.6 Å². The molecular formula is C45H51BrFN3O7Si. The number of carbonyl (C=O) groups excluding carboxylic acids is 3. The van der Waals surface area contributed by atoms with Crippen LogP contribution in [-0.2, 0) is 35.4 Å². The lowest BCUT2D eigenvalue weighted by Gasteiger charge is -2.56. The highest BCUT2D eigenvalue weighted by molar-refractivity contribution is 9.10. The number of nitrogens with zero attached hydrogens (tertiary/aromatic N) is 2. The van der Waals surface area contributed by atoms with E-state index in [9.17, 15) is 0 Å². The van der Waals surface area contributed by atoms with Gasteiger partial charge in [0.2, 0.25) is 5.78 Å². The van der Waals surface area contributed by atoms with Crippen LogP contribution in [0.25, 0.3) is 0 Å². The third-order valence-corrected chi connectivity index (χ3v) is 18.3. The highest BCUT2D eigenvalue weighted by atomic mass is 79.9. The van der Waals surface area contributed by atoms with Crippen molar-refractivity contribution in [1.82, 2.24) is 15.4 Å². The fraction of sp³-hybridized carbons (Fsp3) is 0.467. The summed E-state index contributed by atoms with van der Waals surface area (Å²) in [7, 11) is 0.760. The van der Waals surface area contributed by atoms with Crippen LogP contribution in [0.3, 0.4) is 0 Å². The topological polar surface area (TPSA) is 120 Å². The summed E-state index contributed by atoms with van der Waals surface area (Å²) in [6.07, 6.45) is 2.36. The molecule has 58 heavy (non-hydrogen) atoms. The number of ketones is 3. The van der Waals surface area contributed by atoms with Crippen LogP contribution >= 0.6 is 15.9 Å². The molecule has 2 fully saturated rings. The van der Waals surface area contributed by atoms with Crippen molar-refractivity contribution < 1.29 is 37.2 Å². The van der Waals surface area contributed by atoms with Gasteiger partial charge < -0.3 is 23.7 Å². The molecule has 1 unspecified atom stereocenters. The van der Waals surface area contributed by atoms with E-state index in [0.717, 1.165) is 24.0 Å². The standard InChI is InChI=1S/C45H51BrFN3O7Si/c1-44(2,3)58(6,7)57-45-31(37(50(4)5)40-34(42(45)53)43(49-56-40)55-24-26-16-12-9-13-17-26)21-27-20-29-33(38(51)32(27)41(45)52)39(54-23-25-14-10-8-11-15-25)35(46)30(36(29)47)22-48-28-18-19-28/h8-17,27-28,31-32,37,48H,18-24H2,1-7H3/t27-,31-,32?,37-,45-/m0/s1. The SMILES string of the molecule is CN(C)[C@@H]1c2onc(OCc3ccccc3)c2C(=O)[C@@]2(O[Si](C)(C)C(C)(C)C)C(=O)C3C(=O)c4c(c(F)c(CNC5CC5)c(Br)c4OCc4ccccc4)C[C@H]3C[C@@H]12. The molecular weight excluding hydrogens is 821 g/mol. The zero-order chi connectivity index (χ0) is 41.3. The van der Waals surface area contributed by atoms with Crippen LogP contribution in [0.2, 0.25) is 18.1 Å². The first kappa shape index (κ1) is 40.8. The Balaban J connectivity index is 1.27. The van der Waals surface area contributed by atoms with E-state index in [2.05, 4.69) is 26.4 Å². The minimum absolute atomic E-state index is 0.0301. The predicted octanol–water partition coefficient (Wildman–Crippen LogP) is 8.81. The number of fused-ring (bicyclic) bond motifs is 4. The third kappa shape index (κ3) is 6.90. The third-order valence-electron chi connectivity index (χ3n) is 13.0. The Bertz CT molecular complexity index is 2260. The molecule has 4 aromatic rings. The van der Waals surface area contributed by atoms with Gasteiger partial charge in [0.1, 0.15) is 30.3 Å². The number of carbonyl (C=O) groups is 3. The Morgan fingerprint density at radius 1 is 0.966 bits per heavy atom. The quantitative estimate of drug-likeness (QED) is 0.109. The average molecular weight is 873 g/mol. The maximum absolute atomic E-state index is 17.0. The van der Waals surface area contributed by atoms with Crippen molar-refractivity contribution in [2.45, 2.75) is 102 Å². The normalized spacial score (nSPS) is 24.3. The van der Waals surface area contributed by atoms with E-state index >= 15 is 18.8 Å². The zero-order valence-electron chi connectivity index (χ0n) is 34.1. The number of halogens is 2. The molecule has 4 aliphatic carbocycles. The summed E-state index contributed by atoms with van der Waals surface area (Å²) in [4.78, 5) is 48.6. The van der Waals surface area contributed by atoms with E-state index in [1.54, 1.807) is 0 Å². The molecule has 0 radical (unpaired) electrons. The van der Waals surface area contributed by atoms with Gasteiger partial charge in [-0.15, -0.1) is 0 Å². The van der Waals surface area contributed by atoms with Crippen LogP contribution in [-0.4, -0.2) is 61.5 Å². The van der Waals surface area contributed by atoms with Crippen molar-refractivity contribution in [2.75, 3.05) is 14.1 Å². The summed E-state index contributed by atoms with van der Waals surface area (Å²) in [6.45, 7) is 10.6. The van der Waals surface area contributed by atoms with E-state index in [1.807, 2.05) is 114 Å². The number of rotatable bonds is 12. The van der Waals surface area contributed by atoms with Crippen LogP contribution in [0.1, 0.15) is 94.8 Å². The van der Waals surface area contributed by atoms with Gasteiger partial charge in [-0.3, -0.25) is 19.3 Å². The van der Waals surface area contributed by atoms with Gasteiger partial charge in [-0.05, 0) is 96.0 Å². The van der Waals surface area contributed by atoms with Crippen molar-refractivity contribution in [1.29, 1.82) is 0 Å². The van der Waals surface area contributed by atoms with Crippen molar-refractivity contribution in [2.24, 2.45) is 17.8 Å². The molecule has 0 bridgehead atoms. The largest absolute Gasteiger partial charge is 0.487 e. The first-order valence-corrected chi connectivity index (χ1v) is 23.8. The van der Waals surface area contributed by atoms with Gasteiger partial charge >= 0.3 is 0 Å². The maximum Gasteiger partial charge on any atom is 0.265 e. The summed E-state index contributed by atoms with van der Waals surface area (Å²) >= 11 is 3.65. The Kier molecular flexibility index (Phi) is 10.7. The van der Waals surface area contributed by atoms with E-state index in [1.165, 1.54) is 0 Å². The zero-order valence-corrected chi connectivity index (χ0v) is 36.7. The fourth-order valence-electron chi connectivity index (χ4n) is 8.83. The molecule has 10 nitrogen and oxygen atoms in total. The van der Waals surface area contributed by atoms with Crippen LogP contribution < -0.4 is 14.8 Å². The van der Waals surface area contributed by atoms with Gasteiger partial charge in [-0.25, -0.2) is 4.39 Å². The van der Waals surface area contributed by atoms with Gasteiger partial charge in [0.05, 0.1) is 22.0 Å². The predicted molar refractivity (Wildman–Crippen MR) is 222 cm³/mol. The number of ether oxygens (including phenoxy) is 2. The molecule has 0 aliphatic heterocycles.